The summed E-state index contributed by atoms with van der Waals surface area (Å²) in [7, 11) is -1.80. The number of carbonyl (C=O) groups excluding carboxylic acids is 1. The quantitative estimate of drug-likeness (QED) is 0.362. The fourth-order valence-corrected chi connectivity index (χ4v) is 2.97. The van der Waals surface area contributed by atoms with E-state index in [1.54, 1.807) is 0 Å². The second-order valence-electron chi connectivity index (χ2n) is 4.63. The Morgan fingerprint density at radius 3 is 2.65 bits per heavy atom. The van der Waals surface area contributed by atoms with Gasteiger partial charge in [0.15, 0.2) is 8.32 Å². The molecule has 0 aromatic heterocycles. The molecule has 0 spiro atoms. The van der Waals surface area contributed by atoms with Gasteiger partial charge in [-0.15, -0.1) is 0 Å². The Morgan fingerprint density at radius 1 is 1.35 bits per heavy atom. The van der Waals surface area contributed by atoms with Crippen LogP contribution in [0.25, 0.3) is 0 Å². The number of carbonyl (C=O) groups is 1. The first-order valence-electron chi connectivity index (χ1n) is 6.18. The molecule has 98 valence electrons. The van der Waals surface area contributed by atoms with Crippen molar-refractivity contribution in [2.24, 2.45) is 0 Å². The normalized spacial score (nSPS) is 10.9. The van der Waals surface area contributed by atoms with Crippen LogP contribution in [0.1, 0.15) is 32.6 Å². The van der Waals surface area contributed by atoms with Gasteiger partial charge in [-0.2, -0.15) is 5.26 Å². The minimum atomic E-state index is -1.80. The van der Waals surface area contributed by atoms with Crippen LogP contribution in [0.15, 0.2) is 0 Å². The lowest BCUT2D eigenvalue weighted by Gasteiger charge is -2.21. The number of hydrogen-bond acceptors (Lipinski definition) is 4. The number of unbranched alkanes of at least 4 members (excludes halogenated alkanes) is 2. The minimum absolute atomic E-state index is 0.0511. The average molecular weight is 257 g/mol. The molecule has 4 nitrogen and oxygen atoms in total. The fraction of sp³-hybridized carbons (Fsp3) is 0.833. The third-order valence-corrected chi connectivity index (χ3v) is 4.89. The van der Waals surface area contributed by atoms with Crippen LogP contribution in [0.3, 0.4) is 0 Å². The van der Waals surface area contributed by atoms with Crippen molar-refractivity contribution < 1.29 is 14.0 Å². The molecule has 0 heterocycles. The zero-order chi connectivity index (χ0) is 13.1. The van der Waals surface area contributed by atoms with E-state index < -0.39 is 8.32 Å². The number of nitrogens with zero attached hydrogens (tertiary/aromatic N) is 1. The fourth-order valence-electron chi connectivity index (χ4n) is 1.29. The molecule has 0 rings (SSSR count). The van der Waals surface area contributed by atoms with E-state index in [4.69, 9.17) is 14.4 Å². The monoisotopic (exact) mass is 257 g/mol. The summed E-state index contributed by atoms with van der Waals surface area (Å²) in [6.07, 6.45) is 3.32. The maximum absolute atomic E-state index is 11.3. The van der Waals surface area contributed by atoms with Crippen LogP contribution in [0.5, 0.6) is 0 Å². The number of rotatable bonds is 9. The van der Waals surface area contributed by atoms with Crippen molar-refractivity contribution >= 4 is 14.3 Å². The van der Waals surface area contributed by atoms with Crippen LogP contribution in [0.4, 0.5) is 0 Å². The molecule has 0 unspecified atom stereocenters. The van der Waals surface area contributed by atoms with Crippen molar-refractivity contribution in [3.05, 3.63) is 0 Å². The summed E-state index contributed by atoms with van der Waals surface area (Å²) in [5.74, 6) is -0.278. The standard InChI is InChI=1S/C12H23NO3Si/c1-4-5-9-15-12(14)11-16-17(2,3)10-7-6-8-13/h4-7,9-11H2,1-3H3. The molecule has 0 bridgehead atoms. The zero-order valence-electron chi connectivity index (χ0n) is 11.1. The smallest absolute Gasteiger partial charge is 0.330 e. The lowest BCUT2D eigenvalue weighted by Crippen LogP contribution is -2.33. The van der Waals surface area contributed by atoms with E-state index in [1.165, 1.54) is 0 Å². The maximum Gasteiger partial charge on any atom is 0.330 e. The van der Waals surface area contributed by atoms with Gasteiger partial charge in [0, 0.05) is 6.42 Å². The summed E-state index contributed by atoms with van der Waals surface area (Å²) in [5.41, 5.74) is 0. The molecule has 0 aromatic rings. The number of nitriles is 1. The Kier molecular flexibility index (Phi) is 8.73. The summed E-state index contributed by atoms with van der Waals surface area (Å²) < 4.78 is 10.6. The van der Waals surface area contributed by atoms with Crippen molar-refractivity contribution in [1.29, 1.82) is 5.26 Å². The molecule has 0 amide bonds. The molecular formula is C12H23NO3Si. The highest BCUT2D eigenvalue weighted by Crippen LogP contribution is 2.14. The summed E-state index contributed by atoms with van der Waals surface area (Å²) in [4.78, 5) is 11.3. The molecule has 0 saturated carbocycles. The first-order chi connectivity index (χ1) is 8.02. The van der Waals surface area contributed by atoms with Gasteiger partial charge in [-0.05, 0) is 32.0 Å². The molecule has 0 radical (unpaired) electrons. The SMILES string of the molecule is CCCCOC(=O)CO[Si](C)(C)CCCC#N. The molecule has 0 atom stereocenters. The van der Waals surface area contributed by atoms with Crippen LogP contribution in [0, 0.1) is 11.3 Å². The third-order valence-electron chi connectivity index (χ3n) is 2.41. The molecule has 0 saturated heterocycles. The van der Waals surface area contributed by atoms with Gasteiger partial charge < -0.3 is 9.16 Å². The maximum atomic E-state index is 11.3. The van der Waals surface area contributed by atoms with Crippen LogP contribution in [-0.4, -0.2) is 27.5 Å². The number of esters is 1. The second kappa shape index (κ2) is 9.20. The summed E-state index contributed by atoms with van der Waals surface area (Å²) in [6.45, 7) is 6.70. The summed E-state index contributed by atoms with van der Waals surface area (Å²) in [6, 6.07) is 3.02. The molecule has 0 aliphatic heterocycles. The Labute approximate surface area is 105 Å². The second-order valence-corrected chi connectivity index (χ2v) is 8.94. The van der Waals surface area contributed by atoms with Gasteiger partial charge in [0.25, 0.3) is 0 Å². The van der Waals surface area contributed by atoms with Crippen molar-refractivity contribution in [3.63, 3.8) is 0 Å². The minimum Gasteiger partial charge on any atom is -0.464 e. The lowest BCUT2D eigenvalue weighted by atomic mass is 10.4. The highest BCUT2D eigenvalue weighted by atomic mass is 28.4. The third kappa shape index (κ3) is 10.0. The molecule has 0 N–H and O–H groups in total. The van der Waals surface area contributed by atoms with Gasteiger partial charge in [0.1, 0.15) is 6.61 Å². The van der Waals surface area contributed by atoms with E-state index >= 15 is 0 Å². The summed E-state index contributed by atoms with van der Waals surface area (Å²) >= 11 is 0. The van der Waals surface area contributed by atoms with Crippen LogP contribution >= 0.6 is 0 Å². The molecular weight excluding hydrogens is 234 g/mol. The Morgan fingerprint density at radius 2 is 2.06 bits per heavy atom. The average Bonchev–Trinajstić information content (AvgIpc) is 2.27. The van der Waals surface area contributed by atoms with Crippen molar-refractivity contribution in [1.82, 2.24) is 0 Å². The Balaban J connectivity index is 3.69. The molecule has 17 heavy (non-hydrogen) atoms. The van der Waals surface area contributed by atoms with Gasteiger partial charge in [-0.25, -0.2) is 4.79 Å². The van der Waals surface area contributed by atoms with E-state index in [9.17, 15) is 4.79 Å². The van der Waals surface area contributed by atoms with Crippen molar-refractivity contribution in [2.75, 3.05) is 13.2 Å². The number of ether oxygens (including phenoxy) is 1. The molecule has 5 heteroatoms. The van der Waals surface area contributed by atoms with E-state index in [0.29, 0.717) is 13.0 Å². The molecule has 0 fully saturated rings. The van der Waals surface area contributed by atoms with E-state index in [-0.39, 0.29) is 12.6 Å². The Hall–Kier alpha value is -0.863. The van der Waals surface area contributed by atoms with Gasteiger partial charge in [-0.1, -0.05) is 13.3 Å². The van der Waals surface area contributed by atoms with Gasteiger partial charge in [0.05, 0.1) is 12.7 Å². The highest BCUT2D eigenvalue weighted by molar-refractivity contribution is 6.71. The summed E-state index contributed by atoms with van der Waals surface area (Å²) in [5, 5.41) is 8.45. The van der Waals surface area contributed by atoms with Gasteiger partial charge in [0.2, 0.25) is 0 Å². The highest BCUT2D eigenvalue weighted by Gasteiger charge is 2.23. The predicted octanol–water partition coefficient (Wildman–Crippen LogP) is 2.86. The predicted molar refractivity (Wildman–Crippen MR) is 69.0 cm³/mol. The van der Waals surface area contributed by atoms with Gasteiger partial charge in [-0.3, -0.25) is 0 Å². The largest absolute Gasteiger partial charge is 0.464 e. The molecule has 0 aliphatic carbocycles. The molecule has 0 aromatic carbocycles. The van der Waals surface area contributed by atoms with E-state index in [1.807, 2.05) is 0 Å². The van der Waals surface area contributed by atoms with Gasteiger partial charge >= 0.3 is 5.97 Å². The van der Waals surface area contributed by atoms with Crippen LogP contribution in [-0.2, 0) is 14.0 Å². The van der Waals surface area contributed by atoms with Crippen LogP contribution in [0.2, 0.25) is 19.1 Å². The van der Waals surface area contributed by atoms with Crippen LogP contribution < -0.4 is 0 Å². The zero-order valence-corrected chi connectivity index (χ0v) is 12.1. The lowest BCUT2D eigenvalue weighted by molar-refractivity contribution is -0.146. The molecule has 0 aliphatic rings. The number of hydrogen-bond donors (Lipinski definition) is 0. The topological polar surface area (TPSA) is 59.3 Å². The first-order valence-corrected chi connectivity index (χ1v) is 9.30. The van der Waals surface area contributed by atoms with Crippen molar-refractivity contribution in [3.8, 4) is 6.07 Å². The Bertz CT molecular complexity index is 261. The van der Waals surface area contributed by atoms with E-state index in [2.05, 4.69) is 26.1 Å². The first kappa shape index (κ1) is 16.1. The van der Waals surface area contributed by atoms with E-state index in [0.717, 1.165) is 25.3 Å². The van der Waals surface area contributed by atoms with Crippen molar-refractivity contribution in [2.45, 2.75) is 51.7 Å².